The molecule has 0 bridgehead atoms. The highest BCUT2D eigenvalue weighted by Crippen LogP contribution is 2.27. The van der Waals surface area contributed by atoms with E-state index in [0.29, 0.717) is 37.6 Å². The number of aryl methyl sites for hydroxylation is 1. The predicted octanol–water partition coefficient (Wildman–Crippen LogP) is 1.22. The molecule has 0 amide bonds. The highest BCUT2D eigenvalue weighted by atomic mass is 32.2. The summed E-state index contributed by atoms with van der Waals surface area (Å²) in [5.41, 5.74) is 4.07. The molecular formula is C16H26N2O3S. The monoisotopic (exact) mass is 326 g/mol. The summed E-state index contributed by atoms with van der Waals surface area (Å²) in [6, 6.07) is 1.80. The number of nitrogens with zero attached hydrogens (tertiary/aromatic N) is 2. The summed E-state index contributed by atoms with van der Waals surface area (Å²) >= 11 is 0. The van der Waals surface area contributed by atoms with Crippen LogP contribution in [0.1, 0.15) is 22.3 Å². The molecular weight excluding hydrogens is 300 g/mol. The standard InChI is InChI=1S/C16H26N2O3S/c1-12-11-16(15(4)14(3)13(12)2)22(20,21)18-7-5-17(6-8-18)9-10-19/h11,19H,5-10H2,1-4H3. The highest BCUT2D eigenvalue weighted by Gasteiger charge is 2.30. The summed E-state index contributed by atoms with van der Waals surface area (Å²) < 4.78 is 27.5. The predicted molar refractivity (Wildman–Crippen MR) is 87.7 cm³/mol. The zero-order valence-corrected chi connectivity index (χ0v) is 14.7. The van der Waals surface area contributed by atoms with Gasteiger partial charge in [-0.25, -0.2) is 8.42 Å². The Morgan fingerprint density at radius 1 is 1.00 bits per heavy atom. The molecule has 1 aromatic carbocycles. The number of hydrogen-bond acceptors (Lipinski definition) is 4. The number of rotatable bonds is 4. The Hall–Kier alpha value is -0.950. The van der Waals surface area contributed by atoms with Gasteiger partial charge in [0.05, 0.1) is 11.5 Å². The molecule has 22 heavy (non-hydrogen) atoms. The molecule has 1 N–H and O–H groups in total. The normalized spacial score (nSPS) is 17.9. The van der Waals surface area contributed by atoms with Gasteiger partial charge < -0.3 is 5.11 Å². The SMILES string of the molecule is Cc1cc(S(=O)(=O)N2CCN(CCO)CC2)c(C)c(C)c1C. The number of benzene rings is 1. The minimum absolute atomic E-state index is 0.113. The summed E-state index contributed by atoms with van der Waals surface area (Å²) in [6.07, 6.45) is 0. The van der Waals surface area contributed by atoms with Crippen LogP contribution in [0.4, 0.5) is 0 Å². The molecule has 124 valence electrons. The molecule has 1 aliphatic heterocycles. The van der Waals surface area contributed by atoms with Gasteiger partial charge in [0.1, 0.15) is 0 Å². The number of sulfonamides is 1. The third-order valence-electron chi connectivity index (χ3n) is 4.80. The minimum atomic E-state index is -3.45. The van der Waals surface area contributed by atoms with Crippen LogP contribution in [-0.4, -0.2) is 62.1 Å². The van der Waals surface area contributed by atoms with E-state index in [9.17, 15) is 8.42 Å². The summed E-state index contributed by atoms with van der Waals surface area (Å²) in [4.78, 5) is 2.52. The maximum Gasteiger partial charge on any atom is 0.243 e. The average molecular weight is 326 g/mol. The third-order valence-corrected chi connectivity index (χ3v) is 6.82. The highest BCUT2D eigenvalue weighted by molar-refractivity contribution is 7.89. The summed E-state index contributed by atoms with van der Waals surface area (Å²) in [6.45, 7) is 10.9. The Morgan fingerprint density at radius 2 is 1.59 bits per heavy atom. The van der Waals surface area contributed by atoms with Crippen molar-refractivity contribution in [3.8, 4) is 0 Å². The van der Waals surface area contributed by atoms with Crippen LogP contribution in [0.3, 0.4) is 0 Å². The van der Waals surface area contributed by atoms with E-state index in [1.165, 1.54) is 0 Å². The summed E-state index contributed by atoms with van der Waals surface area (Å²) in [5, 5.41) is 8.97. The average Bonchev–Trinajstić information content (AvgIpc) is 2.49. The van der Waals surface area contributed by atoms with Gasteiger partial charge in [-0.3, -0.25) is 4.90 Å². The minimum Gasteiger partial charge on any atom is -0.395 e. The molecule has 1 saturated heterocycles. The lowest BCUT2D eigenvalue weighted by Gasteiger charge is -2.34. The van der Waals surface area contributed by atoms with E-state index in [1.54, 1.807) is 10.4 Å². The van der Waals surface area contributed by atoms with Gasteiger partial charge in [0.25, 0.3) is 0 Å². The largest absolute Gasteiger partial charge is 0.395 e. The van der Waals surface area contributed by atoms with Gasteiger partial charge in [-0.05, 0) is 56.0 Å². The summed E-state index contributed by atoms with van der Waals surface area (Å²) in [5.74, 6) is 0. The van der Waals surface area contributed by atoms with Crippen LogP contribution in [0.25, 0.3) is 0 Å². The van der Waals surface area contributed by atoms with E-state index in [1.807, 2.05) is 27.7 Å². The van der Waals surface area contributed by atoms with Gasteiger partial charge in [0.15, 0.2) is 0 Å². The molecule has 2 rings (SSSR count). The van der Waals surface area contributed by atoms with Gasteiger partial charge in [0, 0.05) is 32.7 Å². The molecule has 1 aliphatic rings. The lowest BCUT2D eigenvalue weighted by atomic mass is 10.00. The van der Waals surface area contributed by atoms with Gasteiger partial charge in [-0.2, -0.15) is 4.31 Å². The second-order valence-electron chi connectivity index (χ2n) is 6.04. The Balaban J connectivity index is 2.29. The molecule has 0 saturated carbocycles. The summed E-state index contributed by atoms with van der Waals surface area (Å²) in [7, 11) is -3.45. The Morgan fingerprint density at radius 3 is 2.14 bits per heavy atom. The van der Waals surface area contributed by atoms with Crippen LogP contribution in [0.5, 0.6) is 0 Å². The van der Waals surface area contributed by atoms with Crippen molar-refractivity contribution in [2.24, 2.45) is 0 Å². The van der Waals surface area contributed by atoms with E-state index < -0.39 is 10.0 Å². The fraction of sp³-hybridized carbons (Fsp3) is 0.625. The Kier molecular flexibility index (Phi) is 5.27. The van der Waals surface area contributed by atoms with Crippen molar-refractivity contribution in [2.75, 3.05) is 39.3 Å². The Bertz CT molecular complexity index is 648. The maximum absolute atomic E-state index is 12.9. The quantitative estimate of drug-likeness (QED) is 0.904. The number of β-amino-alcohol motifs (C(OH)–C–C–N with tert-alkyl or cyclic N) is 1. The molecule has 0 atom stereocenters. The number of hydrogen-bond donors (Lipinski definition) is 1. The first-order valence-electron chi connectivity index (χ1n) is 7.69. The van der Waals surface area contributed by atoms with Crippen LogP contribution < -0.4 is 0 Å². The van der Waals surface area contributed by atoms with Crippen molar-refractivity contribution >= 4 is 10.0 Å². The second kappa shape index (κ2) is 6.66. The van der Waals surface area contributed by atoms with E-state index in [-0.39, 0.29) is 6.61 Å². The first-order chi connectivity index (χ1) is 10.3. The van der Waals surface area contributed by atoms with Crippen LogP contribution >= 0.6 is 0 Å². The number of piperazine rings is 1. The van der Waals surface area contributed by atoms with Gasteiger partial charge in [0.2, 0.25) is 10.0 Å². The fourth-order valence-electron chi connectivity index (χ4n) is 2.92. The third kappa shape index (κ3) is 3.20. The van der Waals surface area contributed by atoms with Gasteiger partial charge in [-0.15, -0.1) is 0 Å². The van der Waals surface area contributed by atoms with Crippen molar-refractivity contribution < 1.29 is 13.5 Å². The zero-order chi connectivity index (χ0) is 16.5. The van der Waals surface area contributed by atoms with Crippen LogP contribution in [0, 0.1) is 27.7 Å². The van der Waals surface area contributed by atoms with Gasteiger partial charge in [-0.1, -0.05) is 0 Å². The topological polar surface area (TPSA) is 60.9 Å². The van der Waals surface area contributed by atoms with E-state index in [0.717, 1.165) is 22.3 Å². The van der Waals surface area contributed by atoms with Crippen LogP contribution in [0.15, 0.2) is 11.0 Å². The van der Waals surface area contributed by atoms with E-state index in [2.05, 4.69) is 4.90 Å². The number of aliphatic hydroxyl groups is 1. The zero-order valence-electron chi connectivity index (χ0n) is 13.9. The van der Waals surface area contributed by atoms with Crippen molar-refractivity contribution in [1.82, 2.24) is 9.21 Å². The first kappa shape index (κ1) is 17.4. The lowest BCUT2D eigenvalue weighted by Crippen LogP contribution is -2.49. The molecule has 0 radical (unpaired) electrons. The van der Waals surface area contributed by atoms with Crippen LogP contribution in [-0.2, 0) is 10.0 Å². The molecule has 0 unspecified atom stereocenters. The smallest absolute Gasteiger partial charge is 0.243 e. The molecule has 1 heterocycles. The molecule has 5 nitrogen and oxygen atoms in total. The van der Waals surface area contributed by atoms with Gasteiger partial charge >= 0.3 is 0 Å². The maximum atomic E-state index is 12.9. The molecule has 0 aromatic heterocycles. The Labute approximate surface area is 133 Å². The van der Waals surface area contributed by atoms with Crippen molar-refractivity contribution in [3.63, 3.8) is 0 Å². The molecule has 6 heteroatoms. The lowest BCUT2D eigenvalue weighted by molar-refractivity contribution is 0.151. The number of aliphatic hydroxyl groups excluding tert-OH is 1. The first-order valence-corrected chi connectivity index (χ1v) is 9.13. The van der Waals surface area contributed by atoms with Crippen LogP contribution in [0.2, 0.25) is 0 Å². The van der Waals surface area contributed by atoms with E-state index >= 15 is 0 Å². The van der Waals surface area contributed by atoms with Crippen molar-refractivity contribution in [1.29, 1.82) is 0 Å². The molecule has 0 spiro atoms. The second-order valence-corrected chi connectivity index (χ2v) is 7.94. The van der Waals surface area contributed by atoms with E-state index in [4.69, 9.17) is 5.11 Å². The molecule has 1 fully saturated rings. The van der Waals surface area contributed by atoms with Crippen molar-refractivity contribution in [3.05, 3.63) is 28.3 Å². The van der Waals surface area contributed by atoms with Crippen molar-refractivity contribution in [2.45, 2.75) is 32.6 Å². The molecule has 1 aromatic rings. The fourth-order valence-corrected chi connectivity index (χ4v) is 4.70. The molecule has 0 aliphatic carbocycles.